The summed E-state index contributed by atoms with van der Waals surface area (Å²) in [6.07, 6.45) is 0.826. The summed E-state index contributed by atoms with van der Waals surface area (Å²) in [6, 6.07) is 11.3. The van der Waals surface area contributed by atoms with Gasteiger partial charge in [0.15, 0.2) is 0 Å². The summed E-state index contributed by atoms with van der Waals surface area (Å²) in [4.78, 5) is 13.6. The molecular weight excluding hydrogens is 222 g/mol. The van der Waals surface area contributed by atoms with Gasteiger partial charge >= 0.3 is 5.97 Å². The van der Waals surface area contributed by atoms with Crippen molar-refractivity contribution in [1.29, 1.82) is 0 Å². The van der Waals surface area contributed by atoms with Crippen LogP contribution in [0.1, 0.15) is 5.69 Å². The lowest BCUT2D eigenvalue weighted by atomic mass is 10.2. The number of carboxylic acid groups (broad SMARTS) is 1. The zero-order valence-electron chi connectivity index (χ0n) is 8.69. The van der Waals surface area contributed by atoms with E-state index >= 15 is 0 Å². The zero-order valence-corrected chi connectivity index (χ0v) is 9.51. The molecule has 1 aromatic heterocycles. The molecule has 0 saturated carbocycles. The van der Waals surface area contributed by atoms with E-state index in [9.17, 15) is 4.79 Å². The predicted octanol–water partition coefficient (Wildman–Crippen LogP) is 2.33. The van der Waals surface area contributed by atoms with Crippen molar-refractivity contribution in [1.82, 2.24) is 4.98 Å². The molecule has 2 aromatic rings. The molecule has 0 unspecified atom stereocenters. The van der Waals surface area contributed by atoms with E-state index in [2.05, 4.69) is 11.1 Å². The van der Waals surface area contributed by atoms with Gasteiger partial charge < -0.3 is 10.1 Å². The number of aromatic nitrogens is 1. The SMILES string of the molecule is O=C(O)CSCCc1[c]c2ccccc2[nH]1. The van der Waals surface area contributed by atoms with Crippen LogP contribution in [0.25, 0.3) is 10.9 Å². The van der Waals surface area contributed by atoms with E-state index in [1.807, 2.05) is 24.3 Å². The number of hydrogen-bond donors (Lipinski definition) is 2. The van der Waals surface area contributed by atoms with Crippen LogP contribution in [0.5, 0.6) is 0 Å². The van der Waals surface area contributed by atoms with E-state index in [-0.39, 0.29) is 5.75 Å². The second kappa shape index (κ2) is 5.07. The Bertz CT molecular complexity index is 459. The second-order valence-electron chi connectivity index (χ2n) is 3.47. The highest BCUT2D eigenvalue weighted by atomic mass is 32.2. The van der Waals surface area contributed by atoms with Crippen molar-refractivity contribution in [2.24, 2.45) is 0 Å². The molecule has 0 aliphatic rings. The molecular formula is C12H12NO2S. The highest BCUT2D eigenvalue weighted by molar-refractivity contribution is 7.99. The van der Waals surface area contributed by atoms with Gasteiger partial charge in [0.25, 0.3) is 0 Å². The topological polar surface area (TPSA) is 53.1 Å². The van der Waals surface area contributed by atoms with Crippen molar-refractivity contribution < 1.29 is 9.90 Å². The number of nitrogens with one attached hydrogen (secondary N) is 1. The summed E-state index contributed by atoms with van der Waals surface area (Å²) in [7, 11) is 0. The van der Waals surface area contributed by atoms with E-state index < -0.39 is 5.97 Å². The summed E-state index contributed by atoms with van der Waals surface area (Å²) >= 11 is 1.43. The first kappa shape index (κ1) is 11.1. The number of carboxylic acids is 1. The van der Waals surface area contributed by atoms with Crippen molar-refractivity contribution in [3.05, 3.63) is 36.0 Å². The Morgan fingerprint density at radius 1 is 1.44 bits per heavy atom. The molecule has 1 heterocycles. The van der Waals surface area contributed by atoms with Crippen LogP contribution in [-0.4, -0.2) is 27.6 Å². The number of thioether (sulfide) groups is 1. The van der Waals surface area contributed by atoms with Crippen LogP contribution in [0.3, 0.4) is 0 Å². The first-order chi connectivity index (χ1) is 7.75. The minimum Gasteiger partial charge on any atom is -0.481 e. The van der Waals surface area contributed by atoms with Gasteiger partial charge in [-0.05, 0) is 18.2 Å². The molecule has 0 aliphatic heterocycles. The number of H-pyrrole nitrogens is 1. The number of para-hydroxylation sites is 1. The van der Waals surface area contributed by atoms with E-state index in [0.717, 1.165) is 28.8 Å². The first-order valence-electron chi connectivity index (χ1n) is 5.04. The molecule has 16 heavy (non-hydrogen) atoms. The number of benzene rings is 1. The largest absolute Gasteiger partial charge is 0.481 e. The number of aliphatic carboxylic acids is 1. The minimum atomic E-state index is -0.759. The van der Waals surface area contributed by atoms with Crippen LogP contribution < -0.4 is 0 Å². The Hall–Kier alpha value is -1.42. The molecule has 0 amide bonds. The van der Waals surface area contributed by atoms with Gasteiger partial charge in [-0.3, -0.25) is 4.79 Å². The number of aryl methyl sites for hydroxylation is 1. The molecule has 4 heteroatoms. The number of aromatic amines is 1. The van der Waals surface area contributed by atoms with Gasteiger partial charge in [0.05, 0.1) is 5.75 Å². The lowest BCUT2D eigenvalue weighted by Crippen LogP contribution is -2.00. The van der Waals surface area contributed by atoms with Crippen molar-refractivity contribution in [2.75, 3.05) is 11.5 Å². The van der Waals surface area contributed by atoms with Crippen molar-refractivity contribution in [3.63, 3.8) is 0 Å². The number of carbonyl (C=O) groups is 1. The van der Waals surface area contributed by atoms with Crippen LogP contribution in [0.2, 0.25) is 0 Å². The molecule has 0 fully saturated rings. The highest BCUT2D eigenvalue weighted by Gasteiger charge is 2.01. The molecule has 0 spiro atoms. The molecule has 83 valence electrons. The lowest BCUT2D eigenvalue weighted by Gasteiger charge is -1.96. The molecule has 1 radical (unpaired) electrons. The maximum Gasteiger partial charge on any atom is 0.313 e. The summed E-state index contributed by atoms with van der Waals surface area (Å²) < 4.78 is 0. The normalized spacial score (nSPS) is 10.8. The molecule has 2 N–H and O–H groups in total. The Balaban J connectivity index is 1.92. The number of fused-ring (bicyclic) bond motifs is 1. The monoisotopic (exact) mass is 234 g/mol. The smallest absolute Gasteiger partial charge is 0.313 e. The Labute approximate surface area is 97.9 Å². The molecule has 3 nitrogen and oxygen atoms in total. The maximum atomic E-state index is 10.3. The predicted molar refractivity (Wildman–Crippen MR) is 65.8 cm³/mol. The van der Waals surface area contributed by atoms with Gasteiger partial charge in [-0.15, -0.1) is 11.8 Å². The van der Waals surface area contributed by atoms with E-state index in [0.29, 0.717) is 0 Å². The summed E-state index contributed by atoms with van der Waals surface area (Å²) in [5, 5.41) is 9.57. The Morgan fingerprint density at radius 3 is 3.00 bits per heavy atom. The fourth-order valence-corrected chi connectivity index (χ4v) is 2.18. The van der Waals surface area contributed by atoms with Gasteiger partial charge in [0.2, 0.25) is 0 Å². The van der Waals surface area contributed by atoms with Crippen LogP contribution in [0.4, 0.5) is 0 Å². The second-order valence-corrected chi connectivity index (χ2v) is 4.58. The molecule has 0 atom stereocenters. The molecule has 2 rings (SSSR count). The molecule has 1 aromatic carbocycles. The zero-order chi connectivity index (χ0) is 11.4. The fraction of sp³-hybridized carbons (Fsp3) is 0.250. The quantitative estimate of drug-likeness (QED) is 0.781. The average molecular weight is 234 g/mol. The third-order valence-electron chi connectivity index (χ3n) is 2.22. The minimum absolute atomic E-state index is 0.167. The van der Waals surface area contributed by atoms with Crippen molar-refractivity contribution in [3.8, 4) is 0 Å². The van der Waals surface area contributed by atoms with E-state index in [1.54, 1.807) is 0 Å². The maximum absolute atomic E-state index is 10.3. The van der Waals surface area contributed by atoms with Gasteiger partial charge in [-0.1, -0.05) is 18.2 Å². The summed E-state index contributed by atoms with van der Waals surface area (Å²) in [5.74, 6) is 0.209. The summed E-state index contributed by atoms with van der Waals surface area (Å²) in [5.41, 5.74) is 2.12. The third kappa shape index (κ3) is 2.79. The van der Waals surface area contributed by atoms with Gasteiger partial charge in [-0.2, -0.15) is 0 Å². The number of hydrogen-bond acceptors (Lipinski definition) is 2. The van der Waals surface area contributed by atoms with Gasteiger partial charge in [0.1, 0.15) is 0 Å². The van der Waals surface area contributed by atoms with Gasteiger partial charge in [-0.25, -0.2) is 0 Å². The van der Waals surface area contributed by atoms with Crippen LogP contribution in [0, 0.1) is 6.07 Å². The van der Waals surface area contributed by atoms with E-state index in [4.69, 9.17) is 5.11 Å². The third-order valence-corrected chi connectivity index (χ3v) is 3.16. The average Bonchev–Trinajstić information content (AvgIpc) is 2.66. The van der Waals surface area contributed by atoms with Crippen LogP contribution >= 0.6 is 11.8 Å². The van der Waals surface area contributed by atoms with Crippen molar-refractivity contribution >= 4 is 28.6 Å². The molecule has 0 aliphatic carbocycles. The van der Waals surface area contributed by atoms with Crippen LogP contribution in [0.15, 0.2) is 24.3 Å². The number of rotatable bonds is 5. The fourth-order valence-electron chi connectivity index (χ4n) is 1.52. The van der Waals surface area contributed by atoms with E-state index in [1.165, 1.54) is 11.8 Å². The van der Waals surface area contributed by atoms with Crippen molar-refractivity contribution in [2.45, 2.75) is 6.42 Å². The molecule has 0 bridgehead atoms. The summed E-state index contributed by atoms with van der Waals surface area (Å²) in [6.45, 7) is 0. The Morgan fingerprint density at radius 2 is 2.25 bits per heavy atom. The first-order valence-corrected chi connectivity index (χ1v) is 6.19. The van der Waals surface area contributed by atoms with Gasteiger partial charge in [0, 0.05) is 22.7 Å². The Kier molecular flexibility index (Phi) is 3.51. The standard InChI is InChI=1S/C12H12NO2S/c14-12(15)8-16-6-5-10-7-9-3-1-2-4-11(9)13-10/h1-4,13H,5-6,8H2,(H,14,15). The lowest BCUT2D eigenvalue weighted by molar-refractivity contribution is -0.133. The van der Waals surface area contributed by atoms with Crippen LogP contribution in [-0.2, 0) is 11.2 Å². The highest BCUT2D eigenvalue weighted by Crippen LogP contribution is 2.15. The molecule has 0 saturated heterocycles.